The van der Waals surface area contributed by atoms with Crippen LogP contribution in [0.5, 0.6) is 0 Å². The second-order valence-electron chi connectivity index (χ2n) is 7.98. The number of aromatic nitrogens is 1. The summed E-state index contributed by atoms with van der Waals surface area (Å²) in [5.41, 5.74) is 1.12. The number of halogens is 1. The van der Waals surface area contributed by atoms with Gasteiger partial charge in [-0.05, 0) is 48.7 Å². The number of pyridine rings is 1. The summed E-state index contributed by atoms with van der Waals surface area (Å²) >= 11 is 0. The summed E-state index contributed by atoms with van der Waals surface area (Å²) in [5.74, 6) is -0.439. The topological polar surface area (TPSA) is 62.7 Å². The van der Waals surface area contributed by atoms with Crippen LogP contribution >= 0.6 is 0 Å². The SMILES string of the molecule is O=S(=O)(c1ccc(F)cc1)N1CCC2(CC1)COCCN(Cc1cccnc1)C2. The van der Waals surface area contributed by atoms with E-state index < -0.39 is 15.8 Å². The molecule has 2 fully saturated rings. The van der Waals surface area contributed by atoms with E-state index >= 15 is 0 Å². The minimum absolute atomic E-state index is 0.0481. The van der Waals surface area contributed by atoms with Gasteiger partial charge in [-0.25, -0.2) is 12.8 Å². The molecule has 3 heterocycles. The number of hydrogen-bond acceptors (Lipinski definition) is 5. The van der Waals surface area contributed by atoms with Gasteiger partial charge in [-0.3, -0.25) is 9.88 Å². The minimum Gasteiger partial charge on any atom is -0.379 e. The summed E-state index contributed by atoms with van der Waals surface area (Å²) < 4.78 is 46.4. The molecule has 0 unspecified atom stereocenters. The van der Waals surface area contributed by atoms with Gasteiger partial charge in [-0.2, -0.15) is 4.31 Å². The Morgan fingerprint density at radius 3 is 2.55 bits per heavy atom. The fourth-order valence-corrected chi connectivity index (χ4v) is 5.67. The van der Waals surface area contributed by atoms with Gasteiger partial charge in [0.1, 0.15) is 5.82 Å². The smallest absolute Gasteiger partial charge is 0.243 e. The van der Waals surface area contributed by atoms with Gasteiger partial charge in [-0.1, -0.05) is 6.07 Å². The molecule has 0 saturated carbocycles. The number of hydrogen-bond donors (Lipinski definition) is 0. The molecular weight excluding hydrogens is 393 g/mol. The van der Waals surface area contributed by atoms with Crippen LogP contribution < -0.4 is 0 Å². The van der Waals surface area contributed by atoms with Gasteiger partial charge in [-0.15, -0.1) is 0 Å². The van der Waals surface area contributed by atoms with Crippen molar-refractivity contribution in [2.75, 3.05) is 39.4 Å². The maximum atomic E-state index is 13.2. The lowest BCUT2D eigenvalue weighted by Crippen LogP contribution is -2.48. The fourth-order valence-electron chi connectivity index (χ4n) is 4.23. The first-order valence-corrected chi connectivity index (χ1v) is 11.4. The molecule has 0 radical (unpaired) electrons. The van der Waals surface area contributed by atoms with Crippen LogP contribution in [0.15, 0.2) is 53.7 Å². The van der Waals surface area contributed by atoms with E-state index in [1.807, 2.05) is 12.3 Å². The van der Waals surface area contributed by atoms with Crippen LogP contribution in [-0.2, 0) is 21.3 Å². The fraction of sp³-hybridized carbons (Fsp3) is 0.476. The van der Waals surface area contributed by atoms with Gasteiger partial charge in [0.15, 0.2) is 0 Å². The Bertz CT molecular complexity index is 914. The highest BCUT2D eigenvalue weighted by Crippen LogP contribution is 2.36. The van der Waals surface area contributed by atoms with Crippen molar-refractivity contribution in [1.29, 1.82) is 0 Å². The zero-order valence-corrected chi connectivity index (χ0v) is 17.2. The van der Waals surface area contributed by atoms with E-state index in [-0.39, 0.29) is 10.3 Å². The summed E-state index contributed by atoms with van der Waals surface area (Å²) in [7, 11) is -3.60. The first-order valence-electron chi connectivity index (χ1n) is 9.92. The summed E-state index contributed by atoms with van der Waals surface area (Å²) in [4.78, 5) is 6.72. The Balaban J connectivity index is 1.43. The number of ether oxygens (including phenoxy) is 1. The van der Waals surface area contributed by atoms with Crippen molar-refractivity contribution in [3.05, 3.63) is 60.2 Å². The van der Waals surface area contributed by atoms with E-state index in [4.69, 9.17) is 4.74 Å². The van der Waals surface area contributed by atoms with Gasteiger partial charge in [0, 0.05) is 50.5 Å². The number of sulfonamides is 1. The molecule has 29 heavy (non-hydrogen) atoms. The van der Waals surface area contributed by atoms with E-state index in [9.17, 15) is 12.8 Å². The number of rotatable bonds is 4. The summed E-state index contributed by atoms with van der Waals surface area (Å²) in [6.45, 7) is 4.78. The van der Waals surface area contributed by atoms with Crippen molar-refractivity contribution in [1.82, 2.24) is 14.2 Å². The average Bonchev–Trinajstić information content (AvgIpc) is 2.91. The molecule has 0 atom stereocenters. The number of piperidine rings is 1. The molecule has 8 heteroatoms. The lowest BCUT2D eigenvalue weighted by Gasteiger charge is -2.42. The molecule has 1 aromatic carbocycles. The molecule has 0 aliphatic carbocycles. The molecule has 2 aromatic rings. The van der Waals surface area contributed by atoms with Crippen LogP contribution in [0.25, 0.3) is 0 Å². The second kappa shape index (κ2) is 8.47. The standard InChI is InChI=1S/C21H26FN3O3S/c22-19-3-5-20(6-4-19)29(26,27)25-10-7-21(8-11-25)16-24(12-13-28-17-21)15-18-2-1-9-23-14-18/h1-6,9,14H,7-8,10-13,15-17H2. The molecular formula is C21H26FN3O3S. The third kappa shape index (κ3) is 4.66. The van der Waals surface area contributed by atoms with Crippen LogP contribution in [-0.4, -0.2) is 62.0 Å². The Morgan fingerprint density at radius 1 is 1.10 bits per heavy atom. The Kier molecular flexibility index (Phi) is 5.96. The van der Waals surface area contributed by atoms with Gasteiger partial charge in [0.2, 0.25) is 10.0 Å². The molecule has 0 bridgehead atoms. The zero-order valence-electron chi connectivity index (χ0n) is 16.3. The van der Waals surface area contributed by atoms with Crippen molar-refractivity contribution in [2.24, 2.45) is 5.41 Å². The van der Waals surface area contributed by atoms with E-state index in [0.29, 0.717) is 26.3 Å². The van der Waals surface area contributed by atoms with E-state index in [2.05, 4.69) is 16.0 Å². The third-order valence-electron chi connectivity index (χ3n) is 5.88. The van der Waals surface area contributed by atoms with Crippen molar-refractivity contribution >= 4 is 10.0 Å². The lowest BCUT2D eigenvalue weighted by atomic mass is 9.79. The molecule has 2 aliphatic heterocycles. The normalized spacial score (nSPS) is 21.1. The predicted octanol–water partition coefficient (Wildman–Crippen LogP) is 2.52. The maximum absolute atomic E-state index is 13.2. The number of benzene rings is 1. The molecule has 0 amide bonds. The monoisotopic (exact) mass is 419 g/mol. The Hall–Kier alpha value is -1.87. The largest absolute Gasteiger partial charge is 0.379 e. The van der Waals surface area contributed by atoms with Crippen molar-refractivity contribution in [2.45, 2.75) is 24.3 Å². The highest BCUT2D eigenvalue weighted by molar-refractivity contribution is 7.89. The van der Waals surface area contributed by atoms with Crippen LogP contribution in [0.4, 0.5) is 4.39 Å². The highest BCUT2D eigenvalue weighted by atomic mass is 32.2. The van der Waals surface area contributed by atoms with Gasteiger partial charge in [0.25, 0.3) is 0 Å². The predicted molar refractivity (Wildman–Crippen MR) is 107 cm³/mol. The first kappa shape index (κ1) is 20.4. The van der Waals surface area contributed by atoms with Gasteiger partial charge >= 0.3 is 0 Å². The summed E-state index contributed by atoms with van der Waals surface area (Å²) in [6.07, 6.45) is 5.15. The highest BCUT2D eigenvalue weighted by Gasteiger charge is 2.41. The molecule has 2 saturated heterocycles. The molecule has 1 spiro atoms. The van der Waals surface area contributed by atoms with Crippen molar-refractivity contribution < 1.29 is 17.5 Å². The molecule has 1 aromatic heterocycles. The quantitative estimate of drug-likeness (QED) is 0.762. The average molecular weight is 420 g/mol. The first-order chi connectivity index (χ1) is 14.0. The summed E-state index contributed by atoms with van der Waals surface area (Å²) in [5, 5.41) is 0. The minimum atomic E-state index is -3.60. The Labute approximate surface area is 171 Å². The second-order valence-corrected chi connectivity index (χ2v) is 9.92. The van der Waals surface area contributed by atoms with Crippen LogP contribution in [0.1, 0.15) is 18.4 Å². The van der Waals surface area contributed by atoms with Gasteiger partial charge in [0.05, 0.1) is 18.1 Å². The molecule has 4 rings (SSSR count). The molecule has 2 aliphatic rings. The Morgan fingerprint density at radius 2 is 1.86 bits per heavy atom. The molecule has 156 valence electrons. The van der Waals surface area contributed by atoms with Gasteiger partial charge < -0.3 is 4.74 Å². The zero-order chi connectivity index (χ0) is 20.3. The molecule has 6 nitrogen and oxygen atoms in total. The van der Waals surface area contributed by atoms with E-state index in [1.165, 1.54) is 34.1 Å². The van der Waals surface area contributed by atoms with E-state index in [0.717, 1.165) is 32.5 Å². The van der Waals surface area contributed by atoms with Crippen molar-refractivity contribution in [3.63, 3.8) is 0 Å². The van der Waals surface area contributed by atoms with Crippen molar-refractivity contribution in [3.8, 4) is 0 Å². The lowest BCUT2D eigenvalue weighted by molar-refractivity contribution is 0.0307. The molecule has 0 N–H and O–H groups in total. The van der Waals surface area contributed by atoms with Crippen LogP contribution in [0.2, 0.25) is 0 Å². The van der Waals surface area contributed by atoms with Crippen LogP contribution in [0.3, 0.4) is 0 Å². The van der Waals surface area contributed by atoms with Crippen LogP contribution in [0, 0.1) is 11.2 Å². The third-order valence-corrected chi connectivity index (χ3v) is 7.80. The van der Waals surface area contributed by atoms with E-state index in [1.54, 1.807) is 6.20 Å². The maximum Gasteiger partial charge on any atom is 0.243 e. The number of nitrogens with zero attached hydrogens (tertiary/aromatic N) is 3. The summed E-state index contributed by atoms with van der Waals surface area (Å²) in [6, 6.07) is 9.06.